The largest absolute Gasteiger partial charge is 0.485 e. The number of hydrogen-bond acceptors (Lipinski definition) is 4. The fraction of sp³-hybridized carbons (Fsp3) is 0.600. The molecular weight excluding hydrogens is 368 g/mol. The molecule has 0 aromatic heterocycles. The zero-order valence-corrected chi connectivity index (χ0v) is 16.3. The van der Waals surface area contributed by atoms with E-state index in [0.717, 1.165) is 43.7 Å². The number of rotatable bonds is 3. The lowest BCUT2D eigenvalue weighted by Crippen LogP contribution is -2.53. The number of alkyl halides is 2. The summed E-state index contributed by atoms with van der Waals surface area (Å²) in [4.78, 5) is 28.2. The molecule has 154 valence electrons. The second-order valence-electron chi connectivity index (χ2n) is 7.77. The van der Waals surface area contributed by atoms with E-state index in [2.05, 4.69) is 17.3 Å². The van der Waals surface area contributed by atoms with Crippen LogP contribution in [0.5, 0.6) is 5.75 Å². The number of likely N-dealkylation sites (tertiary alicyclic amines) is 1. The normalized spacial score (nSPS) is 24.1. The maximum Gasteiger partial charge on any atom is 0.315 e. The number of carbonyl (C=O) groups is 2. The quantitative estimate of drug-likeness (QED) is 0.851. The van der Waals surface area contributed by atoms with Gasteiger partial charge in [-0.3, -0.25) is 9.59 Å². The molecule has 1 aromatic rings. The van der Waals surface area contributed by atoms with Crippen LogP contribution in [0.4, 0.5) is 8.78 Å². The fourth-order valence-electron chi connectivity index (χ4n) is 3.94. The summed E-state index contributed by atoms with van der Waals surface area (Å²) < 4.78 is 31.6. The third kappa shape index (κ3) is 4.60. The third-order valence-electron chi connectivity index (χ3n) is 5.50. The molecule has 0 aliphatic carbocycles. The first-order valence-electron chi connectivity index (χ1n) is 9.62. The van der Waals surface area contributed by atoms with Gasteiger partial charge in [0.2, 0.25) is 5.91 Å². The van der Waals surface area contributed by atoms with E-state index < -0.39 is 24.0 Å². The Morgan fingerprint density at radius 1 is 1.21 bits per heavy atom. The predicted octanol–water partition coefficient (Wildman–Crippen LogP) is 2.03. The maximum absolute atomic E-state index is 13.0. The van der Waals surface area contributed by atoms with Crippen LogP contribution in [0.1, 0.15) is 31.7 Å². The number of ether oxygens (including phenoxy) is 1. The van der Waals surface area contributed by atoms with Gasteiger partial charge in [-0.1, -0.05) is 18.2 Å². The van der Waals surface area contributed by atoms with E-state index in [1.54, 1.807) is 4.90 Å². The van der Waals surface area contributed by atoms with Gasteiger partial charge in [-0.25, -0.2) is 0 Å². The molecule has 0 radical (unpaired) electrons. The van der Waals surface area contributed by atoms with Crippen molar-refractivity contribution >= 4 is 11.8 Å². The molecule has 0 unspecified atom stereocenters. The number of carbonyl (C=O) groups excluding carboxylic acids is 2. The predicted molar refractivity (Wildman–Crippen MR) is 100 cm³/mol. The van der Waals surface area contributed by atoms with E-state index in [4.69, 9.17) is 4.74 Å². The topological polar surface area (TPSA) is 61.9 Å². The highest BCUT2D eigenvalue weighted by molar-refractivity contribution is 5.88. The molecule has 0 saturated carbocycles. The Bertz CT molecular complexity index is 730. The van der Waals surface area contributed by atoms with Gasteiger partial charge in [0.1, 0.15) is 17.4 Å². The summed E-state index contributed by atoms with van der Waals surface area (Å²) in [5.74, 6) is -1.06. The molecule has 0 bridgehead atoms. The van der Waals surface area contributed by atoms with Gasteiger partial charge in [0.15, 0.2) is 0 Å². The van der Waals surface area contributed by atoms with E-state index in [0.29, 0.717) is 13.1 Å². The highest BCUT2D eigenvalue weighted by atomic mass is 19.3. The molecule has 1 spiro atoms. The summed E-state index contributed by atoms with van der Waals surface area (Å²) in [6, 6.07) is 6.56. The number of hydrogen-bond donors (Lipinski definition) is 1. The highest BCUT2D eigenvalue weighted by Crippen LogP contribution is 2.35. The average Bonchev–Trinajstić information content (AvgIpc) is 2.94. The van der Waals surface area contributed by atoms with Gasteiger partial charge in [-0.2, -0.15) is 8.78 Å². The van der Waals surface area contributed by atoms with E-state index in [1.807, 2.05) is 24.3 Å². The van der Waals surface area contributed by atoms with Gasteiger partial charge >= 0.3 is 6.43 Å². The van der Waals surface area contributed by atoms with Crippen molar-refractivity contribution in [2.75, 3.05) is 26.7 Å². The molecule has 28 heavy (non-hydrogen) atoms. The van der Waals surface area contributed by atoms with Crippen LogP contribution in [-0.2, 0) is 16.1 Å². The summed E-state index contributed by atoms with van der Waals surface area (Å²) in [7, 11) is 2.06. The van der Waals surface area contributed by atoms with Crippen LogP contribution >= 0.6 is 0 Å². The van der Waals surface area contributed by atoms with Crippen LogP contribution in [-0.4, -0.2) is 66.4 Å². The van der Waals surface area contributed by atoms with E-state index in [-0.39, 0.29) is 5.91 Å². The summed E-state index contributed by atoms with van der Waals surface area (Å²) in [5, 5.41) is 2.10. The van der Waals surface area contributed by atoms with Gasteiger partial charge in [-0.15, -0.1) is 0 Å². The van der Waals surface area contributed by atoms with E-state index >= 15 is 0 Å². The second kappa shape index (κ2) is 8.43. The molecule has 1 aromatic carbocycles. The first kappa shape index (κ1) is 20.5. The molecule has 2 amide bonds. The number of nitrogens with one attached hydrogen (secondary N) is 1. The second-order valence-corrected chi connectivity index (χ2v) is 7.77. The highest BCUT2D eigenvalue weighted by Gasteiger charge is 2.41. The van der Waals surface area contributed by atoms with Crippen molar-refractivity contribution in [3.63, 3.8) is 0 Å². The van der Waals surface area contributed by atoms with Gasteiger partial charge in [0, 0.05) is 25.1 Å². The van der Waals surface area contributed by atoms with Crippen molar-refractivity contribution in [2.24, 2.45) is 0 Å². The minimum atomic E-state index is -3.15. The Hall–Kier alpha value is -2.22. The van der Waals surface area contributed by atoms with Crippen LogP contribution in [0, 0.1) is 0 Å². The summed E-state index contributed by atoms with van der Waals surface area (Å²) in [6.07, 6.45) is -0.641. The maximum atomic E-state index is 13.0. The average molecular weight is 395 g/mol. The zero-order valence-electron chi connectivity index (χ0n) is 16.3. The molecule has 1 N–H and O–H groups in total. The molecule has 2 heterocycles. The number of benzene rings is 1. The lowest BCUT2D eigenvalue weighted by molar-refractivity contribution is -0.141. The monoisotopic (exact) mass is 395 g/mol. The molecule has 1 saturated heterocycles. The van der Waals surface area contributed by atoms with Crippen molar-refractivity contribution in [3.8, 4) is 5.75 Å². The van der Waals surface area contributed by atoms with E-state index in [1.165, 1.54) is 6.92 Å². The first-order valence-corrected chi connectivity index (χ1v) is 9.62. The fourth-order valence-corrected chi connectivity index (χ4v) is 3.94. The third-order valence-corrected chi connectivity index (χ3v) is 5.50. The molecule has 2 aliphatic rings. The van der Waals surface area contributed by atoms with Gasteiger partial charge < -0.3 is 19.9 Å². The first-order chi connectivity index (χ1) is 13.3. The van der Waals surface area contributed by atoms with Crippen LogP contribution in [0.15, 0.2) is 24.3 Å². The van der Waals surface area contributed by atoms with Crippen LogP contribution in [0.2, 0.25) is 0 Å². The molecule has 6 nitrogen and oxygen atoms in total. The van der Waals surface area contributed by atoms with Gasteiger partial charge in [-0.05, 0) is 39.4 Å². The van der Waals surface area contributed by atoms with Gasteiger partial charge in [0.25, 0.3) is 5.91 Å². The Morgan fingerprint density at radius 2 is 1.96 bits per heavy atom. The Morgan fingerprint density at radius 3 is 2.71 bits per heavy atom. The Kier molecular flexibility index (Phi) is 6.17. The minimum absolute atomic E-state index is 0.321. The molecule has 2 atom stereocenters. The standard InChI is InChI=1S/C20H27F2N3O3/c1-14(23-18(26)17(21)22)19(27)25-12-15-6-3-4-7-16(15)28-20(13-25)8-5-10-24(2)11-9-20/h3-4,6-7,14,17H,5,8-13H2,1-2H3,(H,23,26)/t14-,20-/m0/s1. The van der Waals surface area contributed by atoms with Crippen molar-refractivity contribution in [3.05, 3.63) is 29.8 Å². The zero-order chi connectivity index (χ0) is 20.3. The summed E-state index contributed by atoms with van der Waals surface area (Å²) in [6.45, 7) is 3.93. The summed E-state index contributed by atoms with van der Waals surface area (Å²) >= 11 is 0. The minimum Gasteiger partial charge on any atom is -0.485 e. The molecule has 2 aliphatic heterocycles. The number of para-hydroxylation sites is 1. The molecular formula is C20H27F2N3O3. The molecule has 1 fully saturated rings. The lowest BCUT2D eigenvalue weighted by Gasteiger charge is -2.36. The molecule has 8 heteroatoms. The number of nitrogens with zero attached hydrogens (tertiary/aromatic N) is 2. The summed E-state index contributed by atoms with van der Waals surface area (Å²) in [5.41, 5.74) is 0.345. The Balaban J connectivity index is 1.86. The van der Waals surface area contributed by atoms with Crippen molar-refractivity contribution < 1.29 is 23.1 Å². The number of halogens is 2. The van der Waals surface area contributed by atoms with Gasteiger partial charge in [0.05, 0.1) is 6.54 Å². The van der Waals surface area contributed by atoms with Crippen molar-refractivity contribution in [1.82, 2.24) is 15.1 Å². The van der Waals surface area contributed by atoms with E-state index in [9.17, 15) is 18.4 Å². The smallest absolute Gasteiger partial charge is 0.315 e. The SMILES string of the molecule is C[C@H](NC(=O)C(F)F)C(=O)N1Cc2ccccc2O[C@]2(CCCN(C)CC2)C1. The Labute approximate surface area is 163 Å². The lowest BCUT2D eigenvalue weighted by atomic mass is 9.93. The van der Waals surface area contributed by atoms with Crippen LogP contribution in [0.25, 0.3) is 0 Å². The van der Waals surface area contributed by atoms with Crippen LogP contribution in [0.3, 0.4) is 0 Å². The van der Waals surface area contributed by atoms with Crippen molar-refractivity contribution in [1.29, 1.82) is 0 Å². The van der Waals surface area contributed by atoms with Crippen molar-refractivity contribution in [2.45, 2.75) is 50.8 Å². The molecule has 3 rings (SSSR count). The van der Waals surface area contributed by atoms with Crippen LogP contribution < -0.4 is 10.1 Å². The number of fused-ring (bicyclic) bond motifs is 1. The number of amides is 2.